The van der Waals surface area contributed by atoms with Gasteiger partial charge in [-0.05, 0) is 68.0 Å². The summed E-state index contributed by atoms with van der Waals surface area (Å²) in [5, 5.41) is 6.30. The lowest BCUT2D eigenvalue weighted by atomic mass is 9.96. The lowest BCUT2D eigenvalue weighted by Crippen LogP contribution is -2.41. The highest BCUT2D eigenvalue weighted by Crippen LogP contribution is 2.22. The zero-order valence-corrected chi connectivity index (χ0v) is 23.2. The zero-order chi connectivity index (χ0) is 27.8. The second-order valence-electron chi connectivity index (χ2n) is 9.96. The number of pyridine rings is 1. The Balaban J connectivity index is 1.22. The van der Waals surface area contributed by atoms with E-state index >= 15 is 0 Å². The van der Waals surface area contributed by atoms with Gasteiger partial charge in [-0.3, -0.25) is 9.78 Å². The van der Waals surface area contributed by atoms with Crippen LogP contribution in [0.4, 0.5) is 15.9 Å². The van der Waals surface area contributed by atoms with Gasteiger partial charge in [-0.15, -0.1) is 0 Å². The molecular formula is C28H35FN6O3S. The summed E-state index contributed by atoms with van der Waals surface area (Å²) >= 11 is 0. The first kappa shape index (κ1) is 28.6. The van der Waals surface area contributed by atoms with E-state index in [0.717, 1.165) is 56.7 Å². The summed E-state index contributed by atoms with van der Waals surface area (Å²) in [4.78, 5) is 27.5. The van der Waals surface area contributed by atoms with E-state index in [4.69, 9.17) is 0 Å². The van der Waals surface area contributed by atoms with Crippen LogP contribution < -0.4 is 10.6 Å². The van der Waals surface area contributed by atoms with Crippen LogP contribution >= 0.6 is 0 Å². The van der Waals surface area contributed by atoms with Crippen molar-refractivity contribution in [2.45, 2.75) is 50.5 Å². The molecule has 0 spiro atoms. The van der Waals surface area contributed by atoms with Crippen LogP contribution in [-0.2, 0) is 22.8 Å². The van der Waals surface area contributed by atoms with Crippen molar-refractivity contribution in [1.29, 1.82) is 0 Å². The van der Waals surface area contributed by atoms with Gasteiger partial charge in [-0.1, -0.05) is 19.4 Å². The molecule has 0 atom stereocenters. The molecule has 3 aromatic rings. The number of piperidine rings is 1. The number of halogens is 1. The fraction of sp³-hybridized carbons (Fsp3) is 0.429. The third-order valence-corrected chi connectivity index (χ3v) is 7.97. The van der Waals surface area contributed by atoms with E-state index in [1.54, 1.807) is 6.07 Å². The van der Waals surface area contributed by atoms with Crippen molar-refractivity contribution in [3.63, 3.8) is 0 Å². The molecule has 208 valence electrons. The van der Waals surface area contributed by atoms with E-state index in [2.05, 4.69) is 32.5 Å². The first-order valence-corrected chi connectivity index (χ1v) is 15.1. The normalized spacial score (nSPS) is 14.4. The molecule has 2 aromatic heterocycles. The second kappa shape index (κ2) is 13.1. The Bertz CT molecular complexity index is 1380. The Morgan fingerprint density at radius 1 is 1.10 bits per heavy atom. The average molecular weight is 555 g/mol. The van der Waals surface area contributed by atoms with Gasteiger partial charge in [0.1, 0.15) is 23.7 Å². The van der Waals surface area contributed by atoms with Crippen LogP contribution in [0.3, 0.4) is 0 Å². The van der Waals surface area contributed by atoms with Crippen molar-refractivity contribution in [2.75, 3.05) is 31.2 Å². The minimum absolute atomic E-state index is 0.00754. The topological polar surface area (TPSA) is 117 Å². The first-order valence-electron chi connectivity index (χ1n) is 13.3. The van der Waals surface area contributed by atoms with Crippen LogP contribution in [0.25, 0.3) is 0 Å². The number of sulfone groups is 1. The molecule has 1 saturated heterocycles. The lowest BCUT2D eigenvalue weighted by Gasteiger charge is -2.32. The van der Waals surface area contributed by atoms with Crippen LogP contribution in [0.15, 0.2) is 53.8 Å². The number of rotatable bonds is 11. The van der Waals surface area contributed by atoms with Crippen LogP contribution in [0.2, 0.25) is 0 Å². The molecule has 0 radical (unpaired) electrons. The number of likely N-dealkylation sites (tertiary alicyclic amines) is 1. The summed E-state index contributed by atoms with van der Waals surface area (Å²) in [6.07, 6.45) is 9.31. The monoisotopic (exact) mass is 554 g/mol. The van der Waals surface area contributed by atoms with Crippen LogP contribution in [0.5, 0.6) is 0 Å². The SMILES string of the molecule is CCCCc1ccc(C(=O)N2CCC(CNCc3cc(Nc4ccc(S(C)(=O)=O)cc4F)ncn3)CC2)nc1. The summed E-state index contributed by atoms with van der Waals surface area (Å²) in [5.41, 5.74) is 2.54. The summed E-state index contributed by atoms with van der Waals surface area (Å²) < 4.78 is 37.6. The number of carbonyl (C=O) groups excluding carboxylic acids is 1. The summed E-state index contributed by atoms with van der Waals surface area (Å²) in [7, 11) is -3.49. The van der Waals surface area contributed by atoms with Crippen LogP contribution in [0.1, 0.15) is 54.4 Å². The van der Waals surface area contributed by atoms with Gasteiger partial charge in [0.2, 0.25) is 0 Å². The predicted octanol–water partition coefficient (Wildman–Crippen LogP) is 4.14. The van der Waals surface area contributed by atoms with Crippen molar-refractivity contribution in [1.82, 2.24) is 25.2 Å². The number of unbranched alkanes of at least 4 members (excludes halogenated alkanes) is 1. The van der Waals surface area contributed by atoms with Gasteiger partial charge < -0.3 is 15.5 Å². The van der Waals surface area contributed by atoms with Crippen molar-refractivity contribution >= 4 is 27.2 Å². The molecule has 4 rings (SSSR count). The molecular weight excluding hydrogens is 519 g/mol. The average Bonchev–Trinajstić information content (AvgIpc) is 2.93. The van der Waals surface area contributed by atoms with Crippen LogP contribution in [-0.4, -0.2) is 60.1 Å². The van der Waals surface area contributed by atoms with E-state index in [1.807, 2.05) is 23.2 Å². The largest absolute Gasteiger partial charge is 0.338 e. The third-order valence-electron chi connectivity index (χ3n) is 6.86. The van der Waals surface area contributed by atoms with Gasteiger partial charge in [0.05, 0.1) is 16.3 Å². The second-order valence-corrected chi connectivity index (χ2v) is 12.0. The number of hydrogen-bond donors (Lipinski definition) is 2. The molecule has 1 fully saturated rings. The molecule has 1 amide bonds. The van der Waals surface area contributed by atoms with Gasteiger partial charge in [0, 0.05) is 38.2 Å². The summed E-state index contributed by atoms with van der Waals surface area (Å²) in [6.45, 7) is 4.87. The minimum Gasteiger partial charge on any atom is -0.338 e. The third kappa shape index (κ3) is 8.03. The maximum Gasteiger partial charge on any atom is 0.272 e. The summed E-state index contributed by atoms with van der Waals surface area (Å²) in [6, 6.07) is 9.28. The van der Waals surface area contributed by atoms with Crippen molar-refractivity contribution in [3.05, 3.63) is 71.7 Å². The van der Waals surface area contributed by atoms with Gasteiger partial charge in [-0.2, -0.15) is 0 Å². The van der Waals surface area contributed by atoms with Crippen molar-refractivity contribution in [2.24, 2.45) is 5.92 Å². The smallest absolute Gasteiger partial charge is 0.272 e. The van der Waals surface area contributed by atoms with E-state index in [9.17, 15) is 17.6 Å². The minimum atomic E-state index is -3.49. The molecule has 9 nitrogen and oxygen atoms in total. The highest BCUT2D eigenvalue weighted by atomic mass is 32.2. The highest BCUT2D eigenvalue weighted by Gasteiger charge is 2.24. The first-order chi connectivity index (χ1) is 18.7. The number of aryl methyl sites for hydroxylation is 1. The number of benzene rings is 1. The molecule has 39 heavy (non-hydrogen) atoms. The number of nitrogens with zero attached hydrogens (tertiary/aromatic N) is 4. The molecule has 1 aromatic carbocycles. The molecule has 2 N–H and O–H groups in total. The van der Waals surface area contributed by atoms with Gasteiger partial charge >= 0.3 is 0 Å². The molecule has 1 aliphatic heterocycles. The summed E-state index contributed by atoms with van der Waals surface area (Å²) in [5.74, 6) is 0.166. The Morgan fingerprint density at radius 3 is 2.56 bits per heavy atom. The predicted molar refractivity (Wildman–Crippen MR) is 148 cm³/mol. The molecule has 11 heteroatoms. The van der Waals surface area contributed by atoms with E-state index in [0.29, 0.717) is 37.1 Å². The van der Waals surface area contributed by atoms with Gasteiger partial charge in [0.15, 0.2) is 9.84 Å². The van der Waals surface area contributed by atoms with Crippen molar-refractivity contribution in [3.8, 4) is 0 Å². The van der Waals surface area contributed by atoms with E-state index in [-0.39, 0.29) is 16.5 Å². The molecule has 0 saturated carbocycles. The Labute approximate surface area is 229 Å². The Morgan fingerprint density at radius 2 is 1.90 bits per heavy atom. The van der Waals surface area contributed by atoms with Gasteiger partial charge in [0.25, 0.3) is 5.91 Å². The maximum absolute atomic E-state index is 14.4. The Hall–Kier alpha value is -3.44. The molecule has 0 aliphatic carbocycles. The lowest BCUT2D eigenvalue weighted by molar-refractivity contribution is 0.0684. The zero-order valence-electron chi connectivity index (χ0n) is 22.4. The van der Waals surface area contributed by atoms with Crippen molar-refractivity contribution < 1.29 is 17.6 Å². The fourth-order valence-corrected chi connectivity index (χ4v) is 5.15. The number of hydrogen-bond acceptors (Lipinski definition) is 8. The molecule has 1 aliphatic rings. The number of anilines is 2. The maximum atomic E-state index is 14.4. The quantitative estimate of drug-likeness (QED) is 0.363. The number of aromatic nitrogens is 3. The number of amides is 1. The van der Waals surface area contributed by atoms with E-state index in [1.165, 1.54) is 24.0 Å². The van der Waals surface area contributed by atoms with Crippen LogP contribution in [0, 0.1) is 11.7 Å². The Kier molecular flexibility index (Phi) is 9.58. The van der Waals surface area contributed by atoms with E-state index < -0.39 is 15.7 Å². The fourth-order valence-electron chi connectivity index (χ4n) is 4.51. The molecule has 0 bridgehead atoms. The number of carbonyl (C=O) groups is 1. The standard InChI is InChI=1S/C28H35FN6O3S/c1-3-4-5-20-6-8-26(31-17-20)28(36)35-12-10-21(11-13-35)16-30-18-22-14-27(33-19-32-22)34-25-9-7-23(15-24(25)29)39(2,37)38/h6-9,14-15,17,19,21,30H,3-5,10-13,16,18H2,1-2H3,(H,32,33,34). The number of nitrogens with one attached hydrogen (secondary N) is 2. The highest BCUT2D eigenvalue weighted by molar-refractivity contribution is 7.90. The molecule has 0 unspecified atom stereocenters. The molecule has 3 heterocycles. The van der Waals surface area contributed by atoms with Gasteiger partial charge in [-0.25, -0.2) is 22.8 Å².